The molecule has 0 radical (unpaired) electrons. The molecule has 0 spiro atoms. The molecule has 0 saturated carbocycles. The van der Waals surface area contributed by atoms with Crippen LogP contribution < -0.4 is 14.8 Å². The van der Waals surface area contributed by atoms with E-state index < -0.39 is 5.92 Å². The van der Waals surface area contributed by atoms with Gasteiger partial charge >= 0.3 is 5.97 Å². The number of benzene rings is 2. The fraction of sp³-hybridized carbons (Fsp3) is 0.379. The van der Waals surface area contributed by atoms with Crippen LogP contribution in [0, 0.1) is 0 Å². The van der Waals surface area contributed by atoms with Gasteiger partial charge in [-0.3, -0.25) is 4.79 Å². The fourth-order valence-electron chi connectivity index (χ4n) is 4.69. The lowest BCUT2D eigenvalue weighted by Crippen LogP contribution is -2.34. The normalized spacial score (nSPS) is 17.6. The van der Waals surface area contributed by atoms with Gasteiger partial charge in [-0.05, 0) is 49.4 Å². The Morgan fingerprint density at radius 2 is 1.89 bits per heavy atom. The predicted octanol–water partition coefficient (Wildman–Crippen LogP) is 5.59. The van der Waals surface area contributed by atoms with Crippen LogP contribution in [-0.2, 0) is 20.9 Å². The first kappa shape index (κ1) is 24.6. The molecule has 2 aromatic rings. The average molecular weight is 476 g/mol. The van der Waals surface area contributed by atoms with Gasteiger partial charge < -0.3 is 19.5 Å². The Morgan fingerprint density at radius 3 is 2.63 bits per heavy atom. The predicted molar refractivity (Wildman–Crippen MR) is 134 cm³/mol. The molecular formula is C29H33NO5. The van der Waals surface area contributed by atoms with E-state index >= 15 is 0 Å². The molecule has 1 aliphatic heterocycles. The highest BCUT2D eigenvalue weighted by molar-refractivity contribution is 6.03. The molecule has 0 saturated heterocycles. The van der Waals surface area contributed by atoms with Crippen molar-refractivity contribution in [1.29, 1.82) is 0 Å². The lowest BCUT2D eigenvalue weighted by Gasteiger charge is -2.34. The van der Waals surface area contributed by atoms with E-state index in [2.05, 4.69) is 12.2 Å². The van der Waals surface area contributed by atoms with Gasteiger partial charge in [0.05, 0.1) is 19.3 Å². The van der Waals surface area contributed by atoms with Crippen molar-refractivity contribution in [2.24, 2.45) is 0 Å². The molecule has 1 N–H and O–H groups in total. The monoisotopic (exact) mass is 475 g/mol. The molecule has 0 amide bonds. The number of rotatable bonds is 9. The highest BCUT2D eigenvalue weighted by Gasteiger charge is 2.39. The molecule has 0 bridgehead atoms. The van der Waals surface area contributed by atoms with Crippen molar-refractivity contribution in [2.75, 3.05) is 13.7 Å². The van der Waals surface area contributed by atoms with Gasteiger partial charge in [0.15, 0.2) is 17.3 Å². The zero-order chi connectivity index (χ0) is 24.8. The van der Waals surface area contributed by atoms with Gasteiger partial charge in [-0.25, -0.2) is 4.79 Å². The summed E-state index contributed by atoms with van der Waals surface area (Å²) in [7, 11) is 1.59. The number of ether oxygens (including phenoxy) is 3. The number of carbonyl (C=O) groups excluding carboxylic acids is 2. The molecule has 184 valence electrons. The van der Waals surface area contributed by atoms with Crippen LogP contribution in [0.4, 0.5) is 0 Å². The molecule has 4 rings (SSSR count). The Morgan fingerprint density at radius 1 is 1.09 bits per heavy atom. The lowest BCUT2D eigenvalue weighted by molar-refractivity contribution is -0.139. The number of ketones is 1. The summed E-state index contributed by atoms with van der Waals surface area (Å²) in [5.41, 5.74) is 4.63. The van der Waals surface area contributed by atoms with Crippen LogP contribution in [-0.4, -0.2) is 25.5 Å². The number of hydrogen-bond acceptors (Lipinski definition) is 6. The molecule has 6 nitrogen and oxygen atoms in total. The average Bonchev–Trinajstić information content (AvgIpc) is 2.87. The number of esters is 1. The maximum Gasteiger partial charge on any atom is 0.336 e. The minimum Gasteiger partial charge on any atom is -0.493 e. The number of dihydropyridines is 1. The highest BCUT2D eigenvalue weighted by Crippen LogP contribution is 2.44. The van der Waals surface area contributed by atoms with Gasteiger partial charge in [-0.1, -0.05) is 49.7 Å². The largest absolute Gasteiger partial charge is 0.493 e. The van der Waals surface area contributed by atoms with Crippen molar-refractivity contribution < 1.29 is 23.8 Å². The van der Waals surface area contributed by atoms with E-state index in [4.69, 9.17) is 14.2 Å². The molecule has 1 aliphatic carbocycles. The summed E-state index contributed by atoms with van der Waals surface area (Å²) in [4.78, 5) is 26.3. The first-order valence-corrected chi connectivity index (χ1v) is 12.3. The summed E-state index contributed by atoms with van der Waals surface area (Å²) in [6.07, 6.45) is 3.79. The third kappa shape index (κ3) is 5.42. The SMILES string of the molecule is CCCCOC(=O)C1=C(C)NC2=C(C(=O)CCC2)C1c1ccc(OCc2ccccc2)c(OC)c1. The van der Waals surface area contributed by atoms with Gasteiger partial charge in [-0.2, -0.15) is 0 Å². The summed E-state index contributed by atoms with van der Waals surface area (Å²) in [5.74, 6) is 0.329. The number of Topliss-reactive ketones (excluding diaryl/α,β-unsaturated/α-hetero) is 1. The quantitative estimate of drug-likeness (QED) is 0.377. The summed E-state index contributed by atoms with van der Waals surface area (Å²) in [6.45, 7) is 4.69. The zero-order valence-electron chi connectivity index (χ0n) is 20.7. The molecule has 6 heteroatoms. The number of hydrogen-bond donors (Lipinski definition) is 1. The second-order valence-corrected chi connectivity index (χ2v) is 8.94. The first-order chi connectivity index (χ1) is 17.0. The minimum absolute atomic E-state index is 0.0680. The van der Waals surface area contributed by atoms with E-state index in [1.807, 2.05) is 55.5 Å². The number of methoxy groups -OCH3 is 1. The topological polar surface area (TPSA) is 73.9 Å². The van der Waals surface area contributed by atoms with E-state index in [1.54, 1.807) is 7.11 Å². The zero-order valence-corrected chi connectivity index (χ0v) is 20.7. The van der Waals surface area contributed by atoms with Gasteiger partial charge in [0, 0.05) is 29.3 Å². The fourth-order valence-corrected chi connectivity index (χ4v) is 4.69. The standard InChI is InChI=1S/C29H33NO5/c1-4-5-16-34-29(32)26-19(2)30-22-12-9-13-23(31)28(22)27(26)21-14-15-24(25(17-21)33-3)35-18-20-10-7-6-8-11-20/h6-8,10-11,14-15,17,27,30H,4-5,9,12-13,16,18H2,1-3H3. The van der Waals surface area contributed by atoms with Gasteiger partial charge in [0.25, 0.3) is 0 Å². The summed E-state index contributed by atoms with van der Waals surface area (Å²) >= 11 is 0. The van der Waals surface area contributed by atoms with E-state index in [-0.39, 0.29) is 11.8 Å². The van der Waals surface area contributed by atoms with E-state index in [1.165, 1.54) is 0 Å². The van der Waals surface area contributed by atoms with E-state index in [9.17, 15) is 9.59 Å². The van der Waals surface area contributed by atoms with Crippen molar-refractivity contribution in [3.05, 3.63) is 82.2 Å². The Hall–Kier alpha value is -3.54. The van der Waals surface area contributed by atoms with Crippen molar-refractivity contribution in [3.63, 3.8) is 0 Å². The highest BCUT2D eigenvalue weighted by atomic mass is 16.5. The number of nitrogens with one attached hydrogen (secondary N) is 1. The van der Waals surface area contributed by atoms with Crippen LogP contribution in [0.5, 0.6) is 11.5 Å². The Kier molecular flexibility index (Phi) is 7.91. The van der Waals surface area contributed by atoms with Crippen LogP contribution in [0.1, 0.15) is 63.0 Å². The second-order valence-electron chi connectivity index (χ2n) is 8.94. The minimum atomic E-state index is -0.509. The molecule has 1 unspecified atom stereocenters. The second kappa shape index (κ2) is 11.3. The molecule has 0 aromatic heterocycles. The third-order valence-corrected chi connectivity index (χ3v) is 6.49. The lowest BCUT2D eigenvalue weighted by atomic mass is 9.75. The van der Waals surface area contributed by atoms with Crippen LogP contribution in [0.25, 0.3) is 0 Å². The number of allylic oxidation sites excluding steroid dienone is 3. The Balaban J connectivity index is 1.69. The van der Waals surface area contributed by atoms with Crippen molar-refractivity contribution in [2.45, 2.75) is 58.5 Å². The summed E-state index contributed by atoms with van der Waals surface area (Å²) in [6, 6.07) is 15.5. The van der Waals surface area contributed by atoms with Crippen LogP contribution >= 0.6 is 0 Å². The molecule has 2 aromatic carbocycles. The molecule has 35 heavy (non-hydrogen) atoms. The van der Waals surface area contributed by atoms with Gasteiger partial charge in [0.1, 0.15) is 6.61 Å². The van der Waals surface area contributed by atoms with Crippen molar-refractivity contribution in [3.8, 4) is 11.5 Å². The Labute approximate surface area is 207 Å². The van der Waals surface area contributed by atoms with Crippen LogP contribution in [0.3, 0.4) is 0 Å². The Bertz CT molecular complexity index is 1150. The maximum atomic E-state index is 13.2. The van der Waals surface area contributed by atoms with Gasteiger partial charge in [-0.15, -0.1) is 0 Å². The van der Waals surface area contributed by atoms with Gasteiger partial charge in [0.2, 0.25) is 0 Å². The molecule has 1 atom stereocenters. The molecular weight excluding hydrogens is 442 g/mol. The molecule has 0 fully saturated rings. The maximum absolute atomic E-state index is 13.2. The number of carbonyl (C=O) groups is 2. The first-order valence-electron chi connectivity index (χ1n) is 12.3. The summed E-state index contributed by atoms with van der Waals surface area (Å²) < 4.78 is 17.3. The van der Waals surface area contributed by atoms with Crippen LogP contribution in [0.2, 0.25) is 0 Å². The number of unbranched alkanes of at least 4 members (excludes halogenated alkanes) is 1. The van der Waals surface area contributed by atoms with E-state index in [0.29, 0.717) is 42.3 Å². The van der Waals surface area contributed by atoms with Crippen molar-refractivity contribution >= 4 is 11.8 Å². The smallest absolute Gasteiger partial charge is 0.336 e. The summed E-state index contributed by atoms with van der Waals surface area (Å²) in [5, 5.41) is 3.33. The van der Waals surface area contributed by atoms with E-state index in [0.717, 1.165) is 48.2 Å². The van der Waals surface area contributed by atoms with Crippen molar-refractivity contribution in [1.82, 2.24) is 5.32 Å². The third-order valence-electron chi connectivity index (χ3n) is 6.49. The molecule has 1 heterocycles. The molecule has 2 aliphatic rings. The van der Waals surface area contributed by atoms with Crippen LogP contribution in [0.15, 0.2) is 71.1 Å².